The molecule has 1 aromatic rings. The summed E-state index contributed by atoms with van der Waals surface area (Å²) < 4.78 is 10.5. The van der Waals surface area contributed by atoms with E-state index >= 15 is 0 Å². The molecule has 7 nitrogen and oxygen atoms in total. The van der Waals surface area contributed by atoms with Crippen molar-refractivity contribution in [2.24, 2.45) is 5.73 Å². The first-order chi connectivity index (χ1) is 13.8. The fourth-order valence-corrected chi connectivity index (χ4v) is 4.60. The average molecular weight is 416 g/mol. The van der Waals surface area contributed by atoms with Crippen LogP contribution < -0.4 is 5.73 Å². The monoisotopic (exact) mass is 416 g/mol. The number of ether oxygens (including phenoxy) is 2. The van der Waals surface area contributed by atoms with Crippen molar-refractivity contribution in [1.82, 2.24) is 4.90 Å². The standard InChI is InChI=1S/C21H24N2O5S/c1-5-27-20(25)15-14(13-9-7-11(3)8-10-13)16(21(26)28-6-2)19-23(17(15)22)18(24)12(4)29-19/h7-10,12,14H,5-6,22H2,1-4H3. The van der Waals surface area contributed by atoms with E-state index in [-0.39, 0.29) is 36.1 Å². The SMILES string of the molecule is CCOC(=O)C1=C(N)N2C(=O)C(C)SC2=C(C(=O)OCC)C1c1ccc(C)cc1. The van der Waals surface area contributed by atoms with Crippen LogP contribution in [-0.2, 0) is 23.9 Å². The van der Waals surface area contributed by atoms with Gasteiger partial charge < -0.3 is 15.2 Å². The minimum absolute atomic E-state index is 0.000997. The topological polar surface area (TPSA) is 98.9 Å². The zero-order valence-electron chi connectivity index (χ0n) is 16.9. The van der Waals surface area contributed by atoms with E-state index in [1.54, 1.807) is 20.8 Å². The second-order valence-electron chi connectivity index (χ2n) is 6.74. The number of hydrogen-bond donors (Lipinski definition) is 1. The molecule has 0 bridgehead atoms. The summed E-state index contributed by atoms with van der Waals surface area (Å²) in [5, 5.41) is -0.0229. The third-order valence-corrected chi connectivity index (χ3v) is 5.97. The smallest absolute Gasteiger partial charge is 0.338 e. The molecule has 8 heteroatoms. The normalized spacial score (nSPS) is 21.4. The minimum Gasteiger partial charge on any atom is -0.463 e. The van der Waals surface area contributed by atoms with Crippen LogP contribution in [0.5, 0.6) is 0 Å². The molecule has 0 aliphatic carbocycles. The van der Waals surface area contributed by atoms with Gasteiger partial charge in [0.1, 0.15) is 5.82 Å². The summed E-state index contributed by atoms with van der Waals surface area (Å²) in [5.41, 5.74) is 8.36. The Morgan fingerprint density at radius 1 is 1.07 bits per heavy atom. The van der Waals surface area contributed by atoms with Crippen molar-refractivity contribution < 1.29 is 23.9 Å². The van der Waals surface area contributed by atoms with Gasteiger partial charge in [-0.05, 0) is 33.3 Å². The Kier molecular flexibility index (Phi) is 6.02. The number of carbonyl (C=O) groups excluding carboxylic acids is 3. The molecule has 0 radical (unpaired) electrons. The van der Waals surface area contributed by atoms with Crippen LogP contribution in [0.15, 0.2) is 46.3 Å². The lowest BCUT2D eigenvalue weighted by atomic mass is 9.82. The van der Waals surface area contributed by atoms with E-state index in [9.17, 15) is 14.4 Å². The molecule has 1 saturated heterocycles. The summed E-state index contributed by atoms with van der Waals surface area (Å²) >= 11 is 1.24. The molecule has 2 aliphatic rings. The molecule has 1 amide bonds. The number of carbonyl (C=O) groups is 3. The van der Waals surface area contributed by atoms with Crippen molar-refractivity contribution >= 4 is 29.6 Å². The number of nitrogens with zero attached hydrogens (tertiary/aromatic N) is 1. The van der Waals surface area contributed by atoms with Crippen LogP contribution in [-0.4, -0.2) is 41.2 Å². The molecule has 3 rings (SSSR count). The molecule has 2 unspecified atom stereocenters. The quantitative estimate of drug-likeness (QED) is 0.737. The fourth-order valence-electron chi connectivity index (χ4n) is 3.44. The predicted molar refractivity (Wildman–Crippen MR) is 109 cm³/mol. The Bertz CT molecular complexity index is 920. The summed E-state index contributed by atoms with van der Waals surface area (Å²) in [6.07, 6.45) is 0. The van der Waals surface area contributed by atoms with E-state index in [1.807, 2.05) is 31.2 Å². The highest BCUT2D eigenvalue weighted by Crippen LogP contribution is 2.49. The molecule has 154 valence electrons. The third-order valence-electron chi connectivity index (χ3n) is 4.79. The van der Waals surface area contributed by atoms with Crippen molar-refractivity contribution in [2.45, 2.75) is 38.9 Å². The maximum atomic E-state index is 13.0. The first-order valence-electron chi connectivity index (χ1n) is 9.46. The molecular weight excluding hydrogens is 392 g/mol. The van der Waals surface area contributed by atoms with Crippen molar-refractivity contribution in [3.05, 3.63) is 57.4 Å². The highest BCUT2D eigenvalue weighted by molar-refractivity contribution is 8.04. The number of benzene rings is 1. The number of esters is 2. The van der Waals surface area contributed by atoms with Gasteiger partial charge in [-0.15, -0.1) is 0 Å². The van der Waals surface area contributed by atoms with Gasteiger partial charge in [-0.25, -0.2) is 9.59 Å². The van der Waals surface area contributed by atoms with Gasteiger partial charge in [0.15, 0.2) is 0 Å². The van der Waals surface area contributed by atoms with Gasteiger partial charge in [0.05, 0.1) is 40.6 Å². The van der Waals surface area contributed by atoms with Crippen LogP contribution in [0.25, 0.3) is 0 Å². The number of hydrogen-bond acceptors (Lipinski definition) is 7. The van der Waals surface area contributed by atoms with Crippen LogP contribution in [0, 0.1) is 6.92 Å². The van der Waals surface area contributed by atoms with Gasteiger partial charge in [-0.3, -0.25) is 9.69 Å². The maximum Gasteiger partial charge on any atom is 0.338 e. The van der Waals surface area contributed by atoms with Crippen molar-refractivity contribution in [1.29, 1.82) is 0 Å². The largest absolute Gasteiger partial charge is 0.463 e. The summed E-state index contributed by atoms with van der Waals surface area (Å²) in [5.74, 6) is -2.31. The van der Waals surface area contributed by atoms with E-state index in [0.29, 0.717) is 10.6 Å². The number of nitrogens with two attached hydrogens (primary N) is 1. The van der Waals surface area contributed by atoms with Gasteiger partial charge in [0.2, 0.25) is 5.91 Å². The van der Waals surface area contributed by atoms with E-state index in [1.165, 1.54) is 16.7 Å². The Balaban J connectivity index is 2.28. The molecule has 1 fully saturated rings. The zero-order chi connectivity index (χ0) is 21.3. The summed E-state index contributed by atoms with van der Waals surface area (Å²) in [4.78, 5) is 39.9. The Morgan fingerprint density at radius 2 is 1.62 bits per heavy atom. The van der Waals surface area contributed by atoms with Crippen molar-refractivity contribution in [3.8, 4) is 0 Å². The van der Waals surface area contributed by atoms with Crippen molar-refractivity contribution in [3.63, 3.8) is 0 Å². The lowest BCUT2D eigenvalue weighted by molar-refractivity contribution is -0.139. The lowest BCUT2D eigenvalue weighted by Gasteiger charge is -2.33. The van der Waals surface area contributed by atoms with E-state index in [2.05, 4.69) is 0 Å². The van der Waals surface area contributed by atoms with E-state index < -0.39 is 23.1 Å². The van der Waals surface area contributed by atoms with Crippen LogP contribution in [0.1, 0.15) is 37.8 Å². The number of rotatable bonds is 5. The van der Waals surface area contributed by atoms with Gasteiger partial charge >= 0.3 is 11.9 Å². The van der Waals surface area contributed by atoms with E-state index in [0.717, 1.165) is 5.56 Å². The van der Waals surface area contributed by atoms with Crippen LogP contribution >= 0.6 is 11.8 Å². The molecule has 2 heterocycles. The molecule has 2 N–H and O–H groups in total. The highest BCUT2D eigenvalue weighted by Gasteiger charge is 2.49. The van der Waals surface area contributed by atoms with Crippen LogP contribution in [0.2, 0.25) is 0 Å². The maximum absolute atomic E-state index is 13.0. The molecule has 29 heavy (non-hydrogen) atoms. The number of fused-ring (bicyclic) bond motifs is 1. The second kappa shape index (κ2) is 8.32. The molecule has 0 spiro atoms. The number of aryl methyl sites for hydroxylation is 1. The Labute approximate surface area is 173 Å². The van der Waals surface area contributed by atoms with Gasteiger partial charge in [-0.1, -0.05) is 41.6 Å². The number of amides is 1. The predicted octanol–water partition coefficient (Wildman–Crippen LogP) is 2.56. The fraction of sp³-hybridized carbons (Fsp3) is 0.381. The van der Waals surface area contributed by atoms with Crippen LogP contribution in [0.4, 0.5) is 0 Å². The van der Waals surface area contributed by atoms with Crippen LogP contribution in [0.3, 0.4) is 0 Å². The van der Waals surface area contributed by atoms with Crippen molar-refractivity contribution in [2.75, 3.05) is 13.2 Å². The molecule has 0 aromatic heterocycles. The Morgan fingerprint density at radius 3 is 2.17 bits per heavy atom. The first kappa shape index (κ1) is 21.0. The summed E-state index contributed by atoms with van der Waals surface area (Å²) in [6, 6.07) is 7.47. The summed E-state index contributed by atoms with van der Waals surface area (Å²) in [6.45, 7) is 7.38. The lowest BCUT2D eigenvalue weighted by Crippen LogP contribution is -2.40. The number of thioether (sulfide) groups is 1. The third kappa shape index (κ3) is 3.64. The molecule has 2 aliphatic heterocycles. The molecule has 1 aromatic carbocycles. The molecular formula is C21H24N2O5S. The second-order valence-corrected chi connectivity index (χ2v) is 8.07. The average Bonchev–Trinajstić information content (AvgIpc) is 2.97. The van der Waals surface area contributed by atoms with Gasteiger partial charge in [0.25, 0.3) is 0 Å². The zero-order valence-corrected chi connectivity index (χ0v) is 17.7. The molecule has 2 atom stereocenters. The Hall–Kier alpha value is -2.74. The summed E-state index contributed by atoms with van der Waals surface area (Å²) in [7, 11) is 0. The van der Waals surface area contributed by atoms with Gasteiger partial charge in [-0.2, -0.15) is 0 Å². The first-order valence-corrected chi connectivity index (χ1v) is 10.3. The highest BCUT2D eigenvalue weighted by atomic mass is 32.2. The minimum atomic E-state index is -0.787. The molecule has 0 saturated carbocycles. The van der Waals surface area contributed by atoms with E-state index in [4.69, 9.17) is 15.2 Å². The van der Waals surface area contributed by atoms with Gasteiger partial charge in [0, 0.05) is 0 Å².